The van der Waals surface area contributed by atoms with Crippen LogP contribution in [0.3, 0.4) is 0 Å². The predicted octanol–water partition coefficient (Wildman–Crippen LogP) is 2.18. The van der Waals surface area contributed by atoms with Gasteiger partial charge in [-0.2, -0.15) is 0 Å². The van der Waals surface area contributed by atoms with E-state index in [0.717, 1.165) is 5.39 Å². The van der Waals surface area contributed by atoms with Gasteiger partial charge in [-0.1, -0.05) is 18.2 Å². The van der Waals surface area contributed by atoms with Gasteiger partial charge in [0.25, 0.3) is 5.56 Å². The zero-order valence-electron chi connectivity index (χ0n) is 10.9. The highest BCUT2D eigenvalue weighted by molar-refractivity contribution is 6.06. The number of hydrogen-bond acceptors (Lipinski definition) is 4. The second-order valence-electron chi connectivity index (χ2n) is 4.57. The van der Waals surface area contributed by atoms with Crippen molar-refractivity contribution in [3.05, 3.63) is 64.5 Å². The van der Waals surface area contributed by atoms with Gasteiger partial charge in [0.1, 0.15) is 11.8 Å². The van der Waals surface area contributed by atoms with Crippen LogP contribution in [0, 0.1) is 6.92 Å². The molecule has 0 spiro atoms. The number of nitrogens with zero attached hydrogens (tertiary/aromatic N) is 2. The summed E-state index contributed by atoms with van der Waals surface area (Å²) >= 11 is 0. The number of carbonyl (C=O) groups is 1. The quantitative estimate of drug-likeness (QED) is 0.683. The molecular formula is C15H12N2O3. The number of hydrogen-bond donors (Lipinski definition) is 0. The van der Waals surface area contributed by atoms with E-state index < -0.39 is 0 Å². The van der Waals surface area contributed by atoms with E-state index in [1.54, 1.807) is 13.0 Å². The van der Waals surface area contributed by atoms with Gasteiger partial charge in [0.05, 0.1) is 18.4 Å². The Morgan fingerprint density at radius 2 is 2.15 bits per heavy atom. The highest BCUT2D eigenvalue weighted by Crippen LogP contribution is 2.21. The average molecular weight is 268 g/mol. The fourth-order valence-corrected chi connectivity index (χ4v) is 2.07. The molecule has 0 bridgehead atoms. The second-order valence-corrected chi connectivity index (χ2v) is 4.57. The Kier molecular flexibility index (Phi) is 2.95. The standard InChI is InChI=1S/C15H12N2O3/c1-10-6-15(19)17(9-16-10)7-13(18)12-8-20-14-5-3-2-4-11(12)14/h2-6,8-9H,7H2,1H3. The lowest BCUT2D eigenvalue weighted by Crippen LogP contribution is -2.24. The molecule has 0 N–H and O–H groups in total. The molecule has 3 aromatic rings. The first kappa shape index (κ1) is 12.3. The molecule has 1 aromatic carbocycles. The van der Waals surface area contributed by atoms with Gasteiger partial charge in [-0.25, -0.2) is 4.98 Å². The molecule has 2 aromatic heterocycles. The molecule has 0 radical (unpaired) electrons. The van der Waals surface area contributed by atoms with E-state index in [2.05, 4.69) is 4.98 Å². The van der Waals surface area contributed by atoms with E-state index in [0.29, 0.717) is 16.8 Å². The molecule has 0 atom stereocenters. The van der Waals surface area contributed by atoms with E-state index in [1.807, 2.05) is 18.2 Å². The molecule has 100 valence electrons. The maximum absolute atomic E-state index is 12.3. The van der Waals surface area contributed by atoms with Crippen LogP contribution < -0.4 is 5.56 Å². The number of furan rings is 1. The number of Topliss-reactive ketones (excluding diaryl/α,β-unsaturated/α-hetero) is 1. The van der Waals surface area contributed by atoms with Gasteiger partial charge in [0, 0.05) is 17.1 Å². The topological polar surface area (TPSA) is 65.1 Å². The highest BCUT2D eigenvalue weighted by Gasteiger charge is 2.14. The van der Waals surface area contributed by atoms with E-state index in [1.165, 1.54) is 23.2 Å². The van der Waals surface area contributed by atoms with Crippen LogP contribution in [0.1, 0.15) is 16.1 Å². The first-order valence-corrected chi connectivity index (χ1v) is 6.17. The Labute approximate surface area is 114 Å². The van der Waals surface area contributed by atoms with Crippen LogP contribution in [-0.2, 0) is 6.54 Å². The highest BCUT2D eigenvalue weighted by atomic mass is 16.3. The van der Waals surface area contributed by atoms with Crippen molar-refractivity contribution in [1.82, 2.24) is 9.55 Å². The molecule has 5 nitrogen and oxygen atoms in total. The lowest BCUT2D eigenvalue weighted by atomic mass is 10.1. The molecule has 20 heavy (non-hydrogen) atoms. The molecule has 0 aliphatic heterocycles. The van der Waals surface area contributed by atoms with Crippen molar-refractivity contribution >= 4 is 16.8 Å². The molecule has 0 saturated heterocycles. The monoisotopic (exact) mass is 268 g/mol. The summed E-state index contributed by atoms with van der Waals surface area (Å²) in [5.74, 6) is -0.178. The summed E-state index contributed by atoms with van der Waals surface area (Å²) < 4.78 is 6.62. The van der Waals surface area contributed by atoms with E-state index in [-0.39, 0.29) is 17.9 Å². The van der Waals surface area contributed by atoms with E-state index >= 15 is 0 Å². The summed E-state index contributed by atoms with van der Waals surface area (Å²) in [4.78, 5) is 28.1. The zero-order valence-corrected chi connectivity index (χ0v) is 10.9. The van der Waals surface area contributed by atoms with Crippen LogP contribution >= 0.6 is 0 Å². The third-order valence-corrected chi connectivity index (χ3v) is 3.11. The van der Waals surface area contributed by atoms with Crippen LogP contribution in [0.2, 0.25) is 0 Å². The number of aromatic nitrogens is 2. The van der Waals surface area contributed by atoms with Gasteiger partial charge < -0.3 is 4.42 Å². The number of rotatable bonds is 3. The van der Waals surface area contributed by atoms with Crippen molar-refractivity contribution in [2.45, 2.75) is 13.5 Å². The Bertz CT molecular complexity index is 845. The number of para-hydroxylation sites is 1. The Balaban J connectivity index is 1.95. The van der Waals surface area contributed by atoms with E-state index in [4.69, 9.17) is 4.42 Å². The van der Waals surface area contributed by atoms with Crippen molar-refractivity contribution in [3.63, 3.8) is 0 Å². The van der Waals surface area contributed by atoms with Crippen LogP contribution in [0.25, 0.3) is 11.0 Å². The summed E-state index contributed by atoms with van der Waals surface area (Å²) in [6.45, 7) is 1.69. The Morgan fingerprint density at radius 1 is 1.35 bits per heavy atom. The fraction of sp³-hybridized carbons (Fsp3) is 0.133. The third kappa shape index (κ3) is 2.14. The summed E-state index contributed by atoms with van der Waals surface area (Å²) in [6, 6.07) is 8.71. The number of ketones is 1. The zero-order chi connectivity index (χ0) is 14.1. The first-order valence-electron chi connectivity index (χ1n) is 6.17. The normalized spacial score (nSPS) is 10.8. The number of fused-ring (bicyclic) bond motifs is 1. The van der Waals surface area contributed by atoms with Crippen molar-refractivity contribution < 1.29 is 9.21 Å². The van der Waals surface area contributed by atoms with Crippen LogP contribution in [0.4, 0.5) is 0 Å². The first-order chi connectivity index (χ1) is 9.65. The smallest absolute Gasteiger partial charge is 0.253 e. The van der Waals surface area contributed by atoms with Crippen molar-refractivity contribution in [3.8, 4) is 0 Å². The molecule has 0 unspecified atom stereocenters. The Morgan fingerprint density at radius 3 is 2.95 bits per heavy atom. The largest absolute Gasteiger partial charge is 0.464 e. The minimum Gasteiger partial charge on any atom is -0.464 e. The number of aryl methyl sites for hydroxylation is 1. The van der Waals surface area contributed by atoms with Crippen LogP contribution in [0.15, 0.2) is 52.1 Å². The maximum Gasteiger partial charge on any atom is 0.253 e. The lowest BCUT2D eigenvalue weighted by Gasteiger charge is -2.03. The van der Waals surface area contributed by atoms with Crippen LogP contribution in [0.5, 0.6) is 0 Å². The van der Waals surface area contributed by atoms with Gasteiger partial charge in [-0.3, -0.25) is 14.2 Å². The molecule has 0 fully saturated rings. The third-order valence-electron chi connectivity index (χ3n) is 3.11. The Hall–Kier alpha value is -2.69. The van der Waals surface area contributed by atoms with Crippen molar-refractivity contribution in [2.75, 3.05) is 0 Å². The maximum atomic E-state index is 12.3. The molecular weight excluding hydrogens is 256 g/mol. The minimum absolute atomic E-state index is 0.0460. The predicted molar refractivity (Wildman–Crippen MR) is 73.8 cm³/mol. The number of carbonyl (C=O) groups excluding carboxylic acids is 1. The number of benzene rings is 1. The molecule has 3 rings (SSSR count). The van der Waals surface area contributed by atoms with Gasteiger partial charge in [-0.15, -0.1) is 0 Å². The fourth-order valence-electron chi connectivity index (χ4n) is 2.07. The van der Waals surface area contributed by atoms with Gasteiger partial charge >= 0.3 is 0 Å². The summed E-state index contributed by atoms with van der Waals surface area (Å²) in [5.41, 5.74) is 1.53. The molecule has 5 heteroatoms. The van der Waals surface area contributed by atoms with Gasteiger partial charge in [0.15, 0.2) is 5.78 Å². The van der Waals surface area contributed by atoms with E-state index in [9.17, 15) is 9.59 Å². The summed E-state index contributed by atoms with van der Waals surface area (Å²) in [7, 11) is 0. The van der Waals surface area contributed by atoms with Gasteiger partial charge in [-0.05, 0) is 13.0 Å². The average Bonchev–Trinajstić information content (AvgIpc) is 2.86. The molecule has 0 amide bonds. The van der Waals surface area contributed by atoms with Crippen molar-refractivity contribution in [1.29, 1.82) is 0 Å². The van der Waals surface area contributed by atoms with Crippen molar-refractivity contribution in [2.24, 2.45) is 0 Å². The SMILES string of the molecule is Cc1cc(=O)n(CC(=O)c2coc3ccccc23)cn1. The molecule has 0 aliphatic carbocycles. The minimum atomic E-state index is -0.237. The summed E-state index contributed by atoms with van der Waals surface area (Å²) in [5, 5.41) is 0.755. The lowest BCUT2D eigenvalue weighted by molar-refractivity contribution is 0.0971. The molecule has 0 aliphatic rings. The van der Waals surface area contributed by atoms with Crippen LogP contribution in [-0.4, -0.2) is 15.3 Å². The second kappa shape index (κ2) is 4.77. The van der Waals surface area contributed by atoms with Gasteiger partial charge in [0.2, 0.25) is 0 Å². The summed E-state index contributed by atoms with van der Waals surface area (Å²) in [6.07, 6.45) is 2.82. The molecule has 2 heterocycles. The molecule has 0 saturated carbocycles.